The molecular weight excluding hydrogens is 374 g/mol. The molecule has 8 nitrogen and oxygen atoms in total. The number of nitrogens with zero attached hydrogens (tertiary/aromatic N) is 1. The lowest BCUT2D eigenvalue weighted by Gasteiger charge is -2.08. The van der Waals surface area contributed by atoms with Crippen molar-refractivity contribution in [2.75, 3.05) is 7.05 Å². The molecule has 1 heterocycles. The van der Waals surface area contributed by atoms with Crippen LogP contribution in [0.5, 0.6) is 0 Å². The standard InChI is InChI=1S/C21H17N3O5/c1-22-21(26)18(23-20(25)14-6-3-2-4-7-14)13-17-10-11-19(29-17)15-8-5-9-16(12-15)24(27)28/h2-13H,1H3,(H,22,26)(H,23,25)/b18-13-. The van der Waals surface area contributed by atoms with Crippen LogP contribution in [0.3, 0.4) is 0 Å². The molecule has 0 aliphatic rings. The van der Waals surface area contributed by atoms with Gasteiger partial charge in [0.2, 0.25) is 0 Å². The second-order valence-electron chi connectivity index (χ2n) is 5.97. The van der Waals surface area contributed by atoms with Crippen molar-refractivity contribution in [3.8, 4) is 11.3 Å². The van der Waals surface area contributed by atoms with Gasteiger partial charge < -0.3 is 15.1 Å². The van der Waals surface area contributed by atoms with Crippen LogP contribution >= 0.6 is 0 Å². The third kappa shape index (κ3) is 4.75. The number of amides is 2. The van der Waals surface area contributed by atoms with Crippen LogP contribution in [0.4, 0.5) is 5.69 Å². The van der Waals surface area contributed by atoms with Crippen molar-refractivity contribution >= 4 is 23.6 Å². The van der Waals surface area contributed by atoms with E-state index in [1.165, 1.54) is 25.3 Å². The molecule has 0 aliphatic carbocycles. The number of nitro benzene ring substituents is 1. The zero-order chi connectivity index (χ0) is 20.8. The lowest BCUT2D eigenvalue weighted by molar-refractivity contribution is -0.384. The molecule has 0 bridgehead atoms. The summed E-state index contributed by atoms with van der Waals surface area (Å²) in [6.45, 7) is 0. The van der Waals surface area contributed by atoms with E-state index in [4.69, 9.17) is 4.42 Å². The maximum Gasteiger partial charge on any atom is 0.270 e. The van der Waals surface area contributed by atoms with Crippen LogP contribution in [0.1, 0.15) is 16.1 Å². The third-order valence-electron chi connectivity index (χ3n) is 4.01. The molecule has 0 spiro atoms. The lowest BCUT2D eigenvalue weighted by Crippen LogP contribution is -2.33. The number of furan rings is 1. The van der Waals surface area contributed by atoms with E-state index in [2.05, 4.69) is 10.6 Å². The molecule has 0 saturated carbocycles. The van der Waals surface area contributed by atoms with Crippen molar-refractivity contribution < 1.29 is 18.9 Å². The topological polar surface area (TPSA) is 114 Å². The zero-order valence-electron chi connectivity index (χ0n) is 15.4. The normalized spacial score (nSPS) is 11.0. The molecule has 0 fully saturated rings. The van der Waals surface area contributed by atoms with Crippen molar-refractivity contribution in [3.05, 3.63) is 93.9 Å². The summed E-state index contributed by atoms with van der Waals surface area (Å²) < 4.78 is 5.69. The van der Waals surface area contributed by atoms with Crippen LogP contribution in [0, 0.1) is 10.1 Å². The van der Waals surface area contributed by atoms with Gasteiger partial charge in [-0.05, 0) is 24.3 Å². The molecule has 0 unspecified atom stereocenters. The van der Waals surface area contributed by atoms with E-state index in [-0.39, 0.29) is 11.4 Å². The van der Waals surface area contributed by atoms with Gasteiger partial charge in [-0.15, -0.1) is 0 Å². The summed E-state index contributed by atoms with van der Waals surface area (Å²) >= 11 is 0. The van der Waals surface area contributed by atoms with E-state index in [9.17, 15) is 19.7 Å². The minimum absolute atomic E-state index is 0.00120. The van der Waals surface area contributed by atoms with Gasteiger partial charge in [-0.2, -0.15) is 0 Å². The van der Waals surface area contributed by atoms with Crippen LogP contribution in [-0.4, -0.2) is 23.8 Å². The van der Waals surface area contributed by atoms with E-state index in [0.29, 0.717) is 22.6 Å². The highest BCUT2D eigenvalue weighted by atomic mass is 16.6. The predicted octanol–water partition coefficient (Wildman–Crippen LogP) is 3.37. The Labute approximate surface area is 166 Å². The van der Waals surface area contributed by atoms with Crippen LogP contribution in [0.2, 0.25) is 0 Å². The Morgan fingerprint density at radius 2 is 1.79 bits per heavy atom. The first-order valence-electron chi connectivity index (χ1n) is 8.63. The van der Waals surface area contributed by atoms with Crippen molar-refractivity contribution in [3.63, 3.8) is 0 Å². The maximum absolute atomic E-state index is 12.4. The van der Waals surface area contributed by atoms with E-state index in [1.807, 2.05) is 0 Å². The van der Waals surface area contributed by atoms with Gasteiger partial charge in [-0.3, -0.25) is 19.7 Å². The molecule has 2 N–H and O–H groups in total. The fourth-order valence-corrected chi connectivity index (χ4v) is 2.58. The number of hydrogen-bond donors (Lipinski definition) is 2. The van der Waals surface area contributed by atoms with Crippen molar-refractivity contribution in [1.82, 2.24) is 10.6 Å². The van der Waals surface area contributed by atoms with Gasteiger partial charge in [-0.1, -0.05) is 30.3 Å². The molecule has 8 heteroatoms. The number of nitrogens with one attached hydrogen (secondary N) is 2. The summed E-state index contributed by atoms with van der Waals surface area (Å²) in [5.74, 6) is -0.238. The van der Waals surface area contributed by atoms with E-state index < -0.39 is 16.7 Å². The van der Waals surface area contributed by atoms with E-state index >= 15 is 0 Å². The number of benzene rings is 2. The predicted molar refractivity (Wildman–Crippen MR) is 107 cm³/mol. The van der Waals surface area contributed by atoms with Crippen molar-refractivity contribution in [2.24, 2.45) is 0 Å². The highest BCUT2D eigenvalue weighted by Crippen LogP contribution is 2.26. The highest BCUT2D eigenvalue weighted by Gasteiger charge is 2.15. The van der Waals surface area contributed by atoms with Gasteiger partial charge in [0.05, 0.1) is 4.92 Å². The van der Waals surface area contributed by atoms with E-state index in [0.717, 1.165) is 0 Å². The molecule has 2 amide bonds. The number of hydrogen-bond acceptors (Lipinski definition) is 5. The molecule has 0 aliphatic heterocycles. The summed E-state index contributed by atoms with van der Waals surface area (Å²) in [6.07, 6.45) is 1.39. The van der Waals surface area contributed by atoms with Gasteiger partial charge in [0, 0.05) is 36.4 Å². The van der Waals surface area contributed by atoms with Gasteiger partial charge in [0.25, 0.3) is 17.5 Å². The minimum Gasteiger partial charge on any atom is -0.457 e. The molecule has 146 valence electrons. The Kier molecular flexibility index (Phi) is 5.84. The fraction of sp³-hybridized carbons (Fsp3) is 0.0476. The summed E-state index contributed by atoms with van der Waals surface area (Å²) in [4.78, 5) is 35.0. The summed E-state index contributed by atoms with van der Waals surface area (Å²) in [5, 5.41) is 16.0. The Bertz CT molecular complexity index is 1090. The highest BCUT2D eigenvalue weighted by molar-refractivity contribution is 6.05. The van der Waals surface area contributed by atoms with E-state index in [1.54, 1.807) is 54.6 Å². The summed E-state index contributed by atoms with van der Waals surface area (Å²) in [5.41, 5.74) is 0.867. The Morgan fingerprint density at radius 1 is 1.03 bits per heavy atom. The molecular formula is C21H17N3O5. The van der Waals surface area contributed by atoms with Crippen LogP contribution < -0.4 is 10.6 Å². The molecule has 0 atom stereocenters. The maximum atomic E-state index is 12.4. The Morgan fingerprint density at radius 3 is 2.48 bits per heavy atom. The van der Waals surface area contributed by atoms with Crippen molar-refractivity contribution in [2.45, 2.75) is 0 Å². The van der Waals surface area contributed by atoms with Crippen molar-refractivity contribution in [1.29, 1.82) is 0 Å². The summed E-state index contributed by atoms with van der Waals surface area (Å²) in [7, 11) is 1.45. The van der Waals surface area contributed by atoms with Crippen LogP contribution in [-0.2, 0) is 4.79 Å². The number of likely N-dealkylation sites (N-methyl/N-ethyl adjacent to an activating group) is 1. The summed E-state index contributed by atoms with van der Waals surface area (Å²) in [6, 6.07) is 17.7. The quantitative estimate of drug-likeness (QED) is 0.380. The number of nitro groups is 1. The number of carbonyl (C=O) groups excluding carboxylic acids is 2. The third-order valence-corrected chi connectivity index (χ3v) is 4.01. The second-order valence-corrected chi connectivity index (χ2v) is 5.97. The minimum atomic E-state index is -0.498. The molecule has 29 heavy (non-hydrogen) atoms. The number of carbonyl (C=O) groups is 2. The molecule has 3 aromatic rings. The Balaban J connectivity index is 1.87. The van der Waals surface area contributed by atoms with Gasteiger partial charge in [0.15, 0.2) is 0 Å². The molecule has 2 aromatic carbocycles. The molecule has 0 saturated heterocycles. The van der Waals surface area contributed by atoms with Gasteiger partial charge in [0.1, 0.15) is 17.2 Å². The van der Waals surface area contributed by atoms with Gasteiger partial charge in [-0.25, -0.2) is 0 Å². The average Bonchev–Trinajstić information content (AvgIpc) is 3.22. The SMILES string of the molecule is CNC(=O)/C(=C/c1ccc(-c2cccc([N+](=O)[O-])c2)o1)NC(=O)c1ccccc1. The van der Waals surface area contributed by atoms with Gasteiger partial charge >= 0.3 is 0 Å². The lowest BCUT2D eigenvalue weighted by atomic mass is 10.1. The Hall–Kier alpha value is -4.20. The largest absolute Gasteiger partial charge is 0.457 e. The average molecular weight is 391 g/mol. The smallest absolute Gasteiger partial charge is 0.270 e. The monoisotopic (exact) mass is 391 g/mol. The molecule has 1 aromatic heterocycles. The fourth-order valence-electron chi connectivity index (χ4n) is 2.58. The number of non-ortho nitro benzene ring substituents is 1. The van der Waals surface area contributed by atoms with Crippen LogP contribution in [0.25, 0.3) is 17.4 Å². The zero-order valence-corrected chi connectivity index (χ0v) is 15.4. The molecule has 0 radical (unpaired) electrons. The first-order valence-corrected chi connectivity index (χ1v) is 8.63. The van der Waals surface area contributed by atoms with Crippen LogP contribution in [0.15, 0.2) is 76.8 Å². The number of rotatable bonds is 6. The first kappa shape index (κ1) is 19.6. The second kappa shape index (κ2) is 8.66. The first-order chi connectivity index (χ1) is 14.0. The molecule has 3 rings (SSSR count).